The van der Waals surface area contributed by atoms with Crippen LogP contribution in [0.3, 0.4) is 0 Å². The average Bonchev–Trinajstić information content (AvgIpc) is 3.41. The first-order chi connectivity index (χ1) is 37.0. The van der Waals surface area contributed by atoms with E-state index in [9.17, 15) is 14.4 Å². The first-order valence-electron chi connectivity index (χ1n) is 30.0. The van der Waals surface area contributed by atoms with Crippen LogP contribution in [0.5, 0.6) is 0 Å². The van der Waals surface area contributed by atoms with Crippen LogP contribution in [0.25, 0.3) is 0 Å². The Kier molecular flexibility index (Phi) is 57.5. The number of esters is 3. The van der Waals surface area contributed by atoms with E-state index in [2.05, 4.69) is 179 Å². The quantitative estimate of drug-likeness (QED) is 0.0261. The number of allylic oxidation sites excluding steroid dienone is 26. The second-order valence-corrected chi connectivity index (χ2v) is 19.1. The second-order valence-electron chi connectivity index (χ2n) is 19.1. The Morgan fingerprint density at radius 2 is 0.520 bits per heavy atom. The van der Waals surface area contributed by atoms with Crippen molar-refractivity contribution >= 4 is 17.9 Å². The summed E-state index contributed by atoms with van der Waals surface area (Å²) in [5.74, 6) is -0.985. The molecular formula is C69H108O6. The van der Waals surface area contributed by atoms with E-state index in [1.807, 2.05) is 0 Å². The lowest BCUT2D eigenvalue weighted by molar-refractivity contribution is -0.167. The summed E-state index contributed by atoms with van der Waals surface area (Å²) in [6.45, 7) is 6.30. The summed E-state index contributed by atoms with van der Waals surface area (Å²) >= 11 is 0. The van der Waals surface area contributed by atoms with Gasteiger partial charge >= 0.3 is 17.9 Å². The average molecular weight is 1030 g/mol. The molecule has 0 heterocycles. The zero-order valence-corrected chi connectivity index (χ0v) is 48.0. The Morgan fingerprint density at radius 1 is 0.280 bits per heavy atom. The molecule has 0 aliphatic heterocycles. The predicted octanol–water partition coefficient (Wildman–Crippen LogP) is 20.5. The summed E-state index contributed by atoms with van der Waals surface area (Å²) in [5, 5.41) is 0. The highest BCUT2D eigenvalue weighted by molar-refractivity contribution is 5.71. The van der Waals surface area contributed by atoms with Crippen LogP contribution in [0.4, 0.5) is 0 Å². The fraction of sp³-hybridized carbons (Fsp3) is 0.580. The van der Waals surface area contributed by atoms with Crippen molar-refractivity contribution in [2.75, 3.05) is 13.2 Å². The Hall–Kier alpha value is -4.97. The number of ether oxygens (including phenoxy) is 3. The van der Waals surface area contributed by atoms with Crippen molar-refractivity contribution in [2.45, 2.75) is 245 Å². The first kappa shape index (κ1) is 70.0. The second kappa shape index (κ2) is 61.6. The van der Waals surface area contributed by atoms with Crippen LogP contribution in [0.15, 0.2) is 158 Å². The van der Waals surface area contributed by atoms with Crippen molar-refractivity contribution in [3.05, 3.63) is 158 Å². The zero-order valence-electron chi connectivity index (χ0n) is 48.0. The minimum atomic E-state index is -0.815. The molecule has 1 atom stereocenters. The van der Waals surface area contributed by atoms with E-state index in [4.69, 9.17) is 14.2 Å². The van der Waals surface area contributed by atoms with Crippen molar-refractivity contribution in [3.8, 4) is 0 Å². The maximum Gasteiger partial charge on any atom is 0.306 e. The third-order valence-electron chi connectivity index (χ3n) is 12.0. The molecule has 420 valence electrons. The largest absolute Gasteiger partial charge is 0.462 e. The Bertz CT molecular complexity index is 1710. The molecule has 6 heteroatoms. The number of unbranched alkanes of at least 4 members (excludes halogenated alkanes) is 15. The third-order valence-corrected chi connectivity index (χ3v) is 12.0. The molecule has 0 N–H and O–H groups in total. The SMILES string of the molecule is CC/C=C\C/C=C\C/C=C\C/C=C\C/C=C\C/C=C\C/C=C\C/C=C\CCCCC(=O)OCC(COC(=O)CCCCCCC/C=C\CCCC)OC(=O)CCCCCCCC/C=C\C/C=C\C/C=C\C/C=C\CC. The van der Waals surface area contributed by atoms with Gasteiger partial charge in [-0.2, -0.15) is 0 Å². The van der Waals surface area contributed by atoms with Gasteiger partial charge in [0.2, 0.25) is 0 Å². The van der Waals surface area contributed by atoms with E-state index in [-0.39, 0.29) is 31.1 Å². The standard InChI is InChI=1S/C69H108O6/c1-4-7-10-13-16-19-22-24-26-28-30-31-32-33-34-35-36-37-39-40-42-44-47-50-53-56-59-62-68(71)74-65-66(64-73-67(70)61-58-55-52-49-46-21-18-15-12-9-6-3)75-69(72)63-60-57-54-51-48-45-43-41-38-29-27-25-23-20-17-14-11-8-5-2/h7-8,10-11,15-20,24-27,30-31,33-34,36-38,40-42,47,50,66H,4-6,9,12-14,21-23,28-29,32,35,39,43-46,48-49,51-65H2,1-3H3/b10-7-,11-8-,18-15-,19-16-,20-17-,26-24-,27-25-,31-30-,34-33-,37-36-,41-38-,42-40-,50-47-. The molecule has 0 aliphatic rings. The monoisotopic (exact) mass is 1030 g/mol. The summed E-state index contributed by atoms with van der Waals surface area (Å²) in [6.07, 6.45) is 89.5. The summed E-state index contributed by atoms with van der Waals surface area (Å²) in [6, 6.07) is 0. The molecular weight excluding hydrogens is 925 g/mol. The number of carbonyl (C=O) groups is 3. The van der Waals surface area contributed by atoms with Crippen LogP contribution in [0, 0.1) is 0 Å². The van der Waals surface area contributed by atoms with Gasteiger partial charge < -0.3 is 14.2 Å². The molecule has 0 aromatic heterocycles. The molecule has 0 radical (unpaired) electrons. The fourth-order valence-corrected chi connectivity index (χ4v) is 7.55. The Balaban J connectivity index is 4.46. The Morgan fingerprint density at radius 3 is 0.853 bits per heavy atom. The highest BCUT2D eigenvalue weighted by atomic mass is 16.6. The maximum absolute atomic E-state index is 12.9. The summed E-state index contributed by atoms with van der Waals surface area (Å²) in [4.78, 5) is 38.2. The van der Waals surface area contributed by atoms with Crippen molar-refractivity contribution in [2.24, 2.45) is 0 Å². The van der Waals surface area contributed by atoms with Gasteiger partial charge in [-0.3, -0.25) is 14.4 Å². The molecule has 0 bridgehead atoms. The minimum absolute atomic E-state index is 0.109. The molecule has 0 aromatic rings. The number of carbonyl (C=O) groups excluding carboxylic acids is 3. The highest BCUT2D eigenvalue weighted by Gasteiger charge is 2.19. The smallest absolute Gasteiger partial charge is 0.306 e. The van der Waals surface area contributed by atoms with Gasteiger partial charge in [0.25, 0.3) is 0 Å². The summed E-state index contributed by atoms with van der Waals surface area (Å²) in [5.41, 5.74) is 0. The topological polar surface area (TPSA) is 78.9 Å². The maximum atomic E-state index is 12.9. The van der Waals surface area contributed by atoms with Crippen LogP contribution in [-0.2, 0) is 28.6 Å². The molecule has 0 saturated carbocycles. The van der Waals surface area contributed by atoms with Crippen molar-refractivity contribution in [3.63, 3.8) is 0 Å². The lowest BCUT2D eigenvalue weighted by Crippen LogP contribution is -2.30. The lowest BCUT2D eigenvalue weighted by atomic mass is 10.1. The normalized spacial score (nSPS) is 13.3. The lowest BCUT2D eigenvalue weighted by Gasteiger charge is -2.18. The van der Waals surface area contributed by atoms with E-state index in [0.717, 1.165) is 154 Å². The van der Waals surface area contributed by atoms with Gasteiger partial charge in [0, 0.05) is 19.3 Å². The molecule has 1 unspecified atom stereocenters. The van der Waals surface area contributed by atoms with Gasteiger partial charge in [0.05, 0.1) is 0 Å². The zero-order chi connectivity index (χ0) is 54.3. The predicted molar refractivity (Wildman–Crippen MR) is 325 cm³/mol. The van der Waals surface area contributed by atoms with Crippen LogP contribution >= 0.6 is 0 Å². The third kappa shape index (κ3) is 59.8. The molecule has 0 amide bonds. The van der Waals surface area contributed by atoms with E-state index in [0.29, 0.717) is 25.7 Å². The summed E-state index contributed by atoms with van der Waals surface area (Å²) < 4.78 is 16.8. The van der Waals surface area contributed by atoms with Crippen LogP contribution < -0.4 is 0 Å². The van der Waals surface area contributed by atoms with Gasteiger partial charge in [0.1, 0.15) is 13.2 Å². The fourth-order valence-electron chi connectivity index (χ4n) is 7.55. The van der Waals surface area contributed by atoms with Crippen molar-refractivity contribution in [1.82, 2.24) is 0 Å². The first-order valence-corrected chi connectivity index (χ1v) is 30.0. The van der Waals surface area contributed by atoms with E-state index < -0.39 is 6.10 Å². The summed E-state index contributed by atoms with van der Waals surface area (Å²) in [7, 11) is 0. The van der Waals surface area contributed by atoms with Crippen LogP contribution in [-0.4, -0.2) is 37.2 Å². The molecule has 75 heavy (non-hydrogen) atoms. The Labute approximate surface area is 460 Å². The van der Waals surface area contributed by atoms with Gasteiger partial charge in [0.15, 0.2) is 6.10 Å². The van der Waals surface area contributed by atoms with Gasteiger partial charge in [-0.05, 0) is 141 Å². The van der Waals surface area contributed by atoms with Crippen LogP contribution in [0.2, 0.25) is 0 Å². The minimum Gasteiger partial charge on any atom is -0.462 e. The molecule has 0 fully saturated rings. The van der Waals surface area contributed by atoms with E-state index in [1.165, 1.54) is 38.5 Å². The molecule has 6 nitrogen and oxygen atoms in total. The van der Waals surface area contributed by atoms with Gasteiger partial charge in [-0.1, -0.05) is 237 Å². The van der Waals surface area contributed by atoms with E-state index in [1.54, 1.807) is 0 Å². The number of hydrogen-bond donors (Lipinski definition) is 0. The molecule has 0 saturated heterocycles. The molecule has 0 rings (SSSR count). The molecule has 0 aromatic carbocycles. The van der Waals surface area contributed by atoms with E-state index >= 15 is 0 Å². The molecule has 0 aliphatic carbocycles. The van der Waals surface area contributed by atoms with Crippen molar-refractivity contribution in [1.29, 1.82) is 0 Å². The highest BCUT2D eigenvalue weighted by Crippen LogP contribution is 2.13. The van der Waals surface area contributed by atoms with Gasteiger partial charge in [-0.15, -0.1) is 0 Å². The van der Waals surface area contributed by atoms with Gasteiger partial charge in [-0.25, -0.2) is 0 Å². The molecule has 0 spiro atoms. The number of rotatable bonds is 52. The number of hydrogen-bond acceptors (Lipinski definition) is 6. The van der Waals surface area contributed by atoms with Crippen molar-refractivity contribution < 1.29 is 28.6 Å². The van der Waals surface area contributed by atoms with Crippen LogP contribution in [0.1, 0.15) is 239 Å².